The van der Waals surface area contributed by atoms with E-state index in [1.165, 1.54) is 4.88 Å². The average Bonchev–Trinajstić information content (AvgIpc) is 2.82. The number of halogens is 1. The third-order valence-corrected chi connectivity index (χ3v) is 4.61. The van der Waals surface area contributed by atoms with E-state index in [9.17, 15) is 0 Å². The van der Waals surface area contributed by atoms with Crippen molar-refractivity contribution in [1.82, 2.24) is 4.98 Å². The van der Waals surface area contributed by atoms with Crippen LogP contribution in [0, 0.1) is 0 Å². The van der Waals surface area contributed by atoms with Gasteiger partial charge in [0.05, 0.1) is 15.3 Å². The minimum absolute atomic E-state index is 0.272. The van der Waals surface area contributed by atoms with E-state index in [1.54, 1.807) is 29.3 Å². The van der Waals surface area contributed by atoms with Crippen LogP contribution in [0.4, 0.5) is 0 Å². The van der Waals surface area contributed by atoms with E-state index in [4.69, 9.17) is 17.3 Å². The Balaban J connectivity index is 2.10. The van der Waals surface area contributed by atoms with Gasteiger partial charge in [0.25, 0.3) is 0 Å². The lowest BCUT2D eigenvalue weighted by Crippen LogP contribution is -2.08. The summed E-state index contributed by atoms with van der Waals surface area (Å²) < 4.78 is 0. The first-order valence-corrected chi connectivity index (χ1v) is 6.95. The lowest BCUT2D eigenvalue weighted by molar-refractivity contribution is 0.953. The standard InChI is InChI=1S/C11H11ClN2S2/c12-8-3-4-11(14-7-8)16-10(6-13)9-2-1-5-15-9/h1-5,7,10H,6,13H2. The molecule has 2 heterocycles. The van der Waals surface area contributed by atoms with Crippen molar-refractivity contribution in [3.63, 3.8) is 0 Å². The molecule has 0 radical (unpaired) electrons. The van der Waals surface area contributed by atoms with Crippen molar-refractivity contribution in [2.24, 2.45) is 5.73 Å². The highest BCUT2D eigenvalue weighted by molar-refractivity contribution is 7.99. The van der Waals surface area contributed by atoms with Crippen LogP contribution in [0.25, 0.3) is 0 Å². The van der Waals surface area contributed by atoms with Crippen molar-refractivity contribution in [2.75, 3.05) is 6.54 Å². The van der Waals surface area contributed by atoms with Gasteiger partial charge in [-0.15, -0.1) is 11.3 Å². The predicted octanol–water partition coefficient (Wildman–Crippen LogP) is 3.59. The molecule has 2 rings (SSSR count). The molecule has 0 aliphatic heterocycles. The smallest absolute Gasteiger partial charge is 0.0967 e. The van der Waals surface area contributed by atoms with E-state index in [0.717, 1.165) is 5.03 Å². The SMILES string of the molecule is NCC(Sc1ccc(Cl)cn1)c1cccs1. The number of nitrogens with two attached hydrogens (primary N) is 1. The molecule has 0 spiro atoms. The molecule has 0 aliphatic carbocycles. The van der Waals surface area contributed by atoms with Gasteiger partial charge in [0, 0.05) is 17.6 Å². The molecule has 0 amide bonds. The highest BCUT2D eigenvalue weighted by atomic mass is 35.5. The molecule has 2 aromatic rings. The Hall–Kier alpha value is -0.550. The topological polar surface area (TPSA) is 38.9 Å². The van der Waals surface area contributed by atoms with Crippen LogP contribution in [-0.2, 0) is 0 Å². The molecule has 5 heteroatoms. The maximum atomic E-state index is 5.79. The molecule has 0 saturated carbocycles. The summed E-state index contributed by atoms with van der Waals surface area (Å²) in [5, 5.41) is 3.94. The Morgan fingerprint density at radius 3 is 2.88 bits per heavy atom. The van der Waals surface area contributed by atoms with E-state index < -0.39 is 0 Å². The molecule has 16 heavy (non-hydrogen) atoms. The van der Waals surface area contributed by atoms with Crippen molar-refractivity contribution in [3.8, 4) is 0 Å². The summed E-state index contributed by atoms with van der Waals surface area (Å²) in [4.78, 5) is 5.54. The number of thiophene rings is 1. The summed E-state index contributed by atoms with van der Waals surface area (Å²) in [6.07, 6.45) is 1.66. The molecular formula is C11H11ClN2S2. The van der Waals surface area contributed by atoms with Crippen molar-refractivity contribution >= 4 is 34.7 Å². The van der Waals surface area contributed by atoms with E-state index in [0.29, 0.717) is 11.6 Å². The quantitative estimate of drug-likeness (QED) is 0.863. The second kappa shape index (κ2) is 5.68. The van der Waals surface area contributed by atoms with Gasteiger partial charge >= 0.3 is 0 Å². The third-order valence-electron chi connectivity index (χ3n) is 2.04. The lowest BCUT2D eigenvalue weighted by atomic mass is 10.3. The van der Waals surface area contributed by atoms with Crippen LogP contribution < -0.4 is 5.73 Å². The van der Waals surface area contributed by atoms with Crippen LogP contribution in [0.15, 0.2) is 40.9 Å². The van der Waals surface area contributed by atoms with Gasteiger partial charge in [-0.3, -0.25) is 0 Å². The Kier molecular flexibility index (Phi) is 4.23. The molecular weight excluding hydrogens is 260 g/mol. The Labute approximate surface area is 108 Å². The van der Waals surface area contributed by atoms with Crippen LogP contribution >= 0.6 is 34.7 Å². The molecule has 2 aromatic heterocycles. The van der Waals surface area contributed by atoms with Gasteiger partial charge < -0.3 is 5.73 Å². The van der Waals surface area contributed by atoms with E-state index in [-0.39, 0.29) is 5.25 Å². The Morgan fingerprint density at radius 2 is 2.31 bits per heavy atom. The van der Waals surface area contributed by atoms with Gasteiger partial charge in [-0.25, -0.2) is 4.98 Å². The predicted molar refractivity (Wildman–Crippen MR) is 71.2 cm³/mol. The summed E-state index contributed by atoms with van der Waals surface area (Å²) in [7, 11) is 0. The molecule has 2 nitrogen and oxygen atoms in total. The van der Waals surface area contributed by atoms with Crippen molar-refractivity contribution < 1.29 is 0 Å². The van der Waals surface area contributed by atoms with E-state index in [1.807, 2.05) is 18.2 Å². The van der Waals surface area contributed by atoms with Crippen LogP contribution in [0.2, 0.25) is 5.02 Å². The number of hydrogen-bond donors (Lipinski definition) is 1. The van der Waals surface area contributed by atoms with Gasteiger partial charge in [-0.1, -0.05) is 29.4 Å². The van der Waals surface area contributed by atoms with Crippen molar-refractivity contribution in [3.05, 3.63) is 45.7 Å². The summed E-state index contributed by atoms with van der Waals surface area (Å²) in [6.45, 7) is 0.607. The van der Waals surface area contributed by atoms with Crippen LogP contribution in [0.1, 0.15) is 10.1 Å². The molecule has 2 N–H and O–H groups in total. The molecule has 1 atom stereocenters. The number of rotatable bonds is 4. The molecule has 1 unspecified atom stereocenters. The van der Waals surface area contributed by atoms with Gasteiger partial charge in [-0.05, 0) is 23.6 Å². The fourth-order valence-corrected chi connectivity index (χ4v) is 3.26. The highest BCUT2D eigenvalue weighted by Gasteiger charge is 2.12. The molecule has 0 saturated heterocycles. The zero-order chi connectivity index (χ0) is 11.4. The summed E-state index contributed by atoms with van der Waals surface area (Å²) in [5.74, 6) is 0. The first-order valence-electron chi connectivity index (χ1n) is 4.81. The molecule has 0 aliphatic rings. The zero-order valence-electron chi connectivity index (χ0n) is 8.47. The maximum absolute atomic E-state index is 5.79. The first-order chi connectivity index (χ1) is 7.79. The van der Waals surface area contributed by atoms with Gasteiger partial charge in [0.2, 0.25) is 0 Å². The fraction of sp³-hybridized carbons (Fsp3) is 0.182. The summed E-state index contributed by atoms with van der Waals surface area (Å²) >= 11 is 9.18. The second-order valence-corrected chi connectivity index (χ2v) is 5.81. The minimum Gasteiger partial charge on any atom is -0.329 e. The number of hydrogen-bond acceptors (Lipinski definition) is 4. The third kappa shape index (κ3) is 2.98. The van der Waals surface area contributed by atoms with Crippen LogP contribution in [-0.4, -0.2) is 11.5 Å². The van der Waals surface area contributed by atoms with Crippen LogP contribution in [0.3, 0.4) is 0 Å². The fourth-order valence-electron chi connectivity index (χ4n) is 1.27. The first kappa shape index (κ1) is 11.9. The minimum atomic E-state index is 0.272. The maximum Gasteiger partial charge on any atom is 0.0967 e. The summed E-state index contributed by atoms with van der Waals surface area (Å²) in [6, 6.07) is 7.91. The normalized spacial score (nSPS) is 12.6. The Bertz CT molecular complexity index is 428. The van der Waals surface area contributed by atoms with Gasteiger partial charge in [-0.2, -0.15) is 0 Å². The number of nitrogens with zero attached hydrogens (tertiary/aromatic N) is 1. The van der Waals surface area contributed by atoms with Crippen LogP contribution in [0.5, 0.6) is 0 Å². The van der Waals surface area contributed by atoms with Gasteiger partial charge in [0.15, 0.2) is 0 Å². The molecule has 0 bridgehead atoms. The highest BCUT2D eigenvalue weighted by Crippen LogP contribution is 2.35. The number of aromatic nitrogens is 1. The lowest BCUT2D eigenvalue weighted by Gasteiger charge is -2.11. The van der Waals surface area contributed by atoms with E-state index in [2.05, 4.69) is 16.4 Å². The van der Waals surface area contributed by atoms with E-state index >= 15 is 0 Å². The Morgan fingerprint density at radius 1 is 1.44 bits per heavy atom. The number of pyridine rings is 1. The zero-order valence-corrected chi connectivity index (χ0v) is 10.9. The molecule has 0 fully saturated rings. The second-order valence-electron chi connectivity index (χ2n) is 3.17. The van der Waals surface area contributed by atoms with Gasteiger partial charge in [0.1, 0.15) is 0 Å². The summed E-state index contributed by atoms with van der Waals surface area (Å²) in [5.41, 5.74) is 5.77. The van der Waals surface area contributed by atoms with Crippen molar-refractivity contribution in [1.29, 1.82) is 0 Å². The monoisotopic (exact) mass is 270 g/mol. The number of thioether (sulfide) groups is 1. The largest absolute Gasteiger partial charge is 0.329 e. The molecule has 84 valence electrons. The van der Waals surface area contributed by atoms with Crippen molar-refractivity contribution in [2.45, 2.75) is 10.3 Å². The average molecular weight is 271 g/mol. The molecule has 0 aromatic carbocycles.